The van der Waals surface area contributed by atoms with Crippen molar-refractivity contribution in [3.05, 3.63) is 27.7 Å². The van der Waals surface area contributed by atoms with E-state index >= 15 is 0 Å². The second-order valence-electron chi connectivity index (χ2n) is 4.36. The van der Waals surface area contributed by atoms with E-state index in [4.69, 9.17) is 5.73 Å². The molecular weight excluding hydrogens is 242 g/mol. The van der Waals surface area contributed by atoms with Crippen LogP contribution in [0.25, 0.3) is 0 Å². The second kappa shape index (κ2) is 3.91. The van der Waals surface area contributed by atoms with E-state index in [1.807, 2.05) is 32.9 Å². The highest BCUT2D eigenvalue weighted by molar-refractivity contribution is 9.10. The molecule has 1 rings (SSSR count). The number of aryl methyl sites for hydroxylation is 1. The molecule has 0 unspecified atom stereocenters. The summed E-state index contributed by atoms with van der Waals surface area (Å²) >= 11 is 3.42. The Kier molecular flexibility index (Phi) is 3.22. The normalized spacial score (nSPS) is 11.8. The van der Waals surface area contributed by atoms with E-state index in [0.717, 1.165) is 15.6 Å². The second-order valence-corrected chi connectivity index (χ2v) is 5.21. The van der Waals surface area contributed by atoms with Crippen LogP contribution in [0.1, 0.15) is 25.0 Å². The molecule has 1 aromatic carbocycles. The highest BCUT2D eigenvalue weighted by Gasteiger charge is 2.17. The van der Waals surface area contributed by atoms with E-state index in [-0.39, 0.29) is 5.54 Å². The van der Waals surface area contributed by atoms with Crippen LogP contribution in [0.5, 0.6) is 5.75 Å². The molecule has 14 heavy (non-hydrogen) atoms. The van der Waals surface area contributed by atoms with Crippen LogP contribution in [0, 0.1) is 6.92 Å². The summed E-state index contributed by atoms with van der Waals surface area (Å²) in [6.45, 7) is 5.78. The number of rotatable bonds is 2. The van der Waals surface area contributed by atoms with Gasteiger partial charge in [0.2, 0.25) is 0 Å². The van der Waals surface area contributed by atoms with Crippen molar-refractivity contribution < 1.29 is 5.11 Å². The van der Waals surface area contributed by atoms with Crippen molar-refractivity contribution in [3.63, 3.8) is 0 Å². The topological polar surface area (TPSA) is 46.2 Å². The lowest BCUT2D eigenvalue weighted by Gasteiger charge is -2.20. The SMILES string of the molecule is Cc1ccc(Br)c(CC(C)(C)N)c1O. The number of benzene rings is 1. The van der Waals surface area contributed by atoms with Crippen molar-refractivity contribution in [2.45, 2.75) is 32.7 Å². The molecule has 0 aliphatic rings. The van der Waals surface area contributed by atoms with Crippen molar-refractivity contribution in [1.82, 2.24) is 0 Å². The molecule has 1 aromatic rings. The number of nitrogens with two attached hydrogens (primary N) is 1. The zero-order valence-corrected chi connectivity index (χ0v) is 10.4. The Labute approximate surface area is 93.3 Å². The van der Waals surface area contributed by atoms with Gasteiger partial charge in [-0.15, -0.1) is 0 Å². The van der Waals surface area contributed by atoms with Crippen molar-refractivity contribution in [2.24, 2.45) is 5.73 Å². The Morgan fingerprint density at radius 1 is 1.43 bits per heavy atom. The molecule has 2 nitrogen and oxygen atoms in total. The summed E-state index contributed by atoms with van der Waals surface area (Å²) in [5, 5.41) is 9.86. The average Bonchev–Trinajstić information content (AvgIpc) is 2.04. The van der Waals surface area contributed by atoms with E-state index in [1.165, 1.54) is 0 Å². The molecule has 0 bridgehead atoms. The molecule has 0 aliphatic heterocycles. The van der Waals surface area contributed by atoms with Gasteiger partial charge in [0.15, 0.2) is 0 Å². The number of halogens is 1. The molecule has 78 valence electrons. The van der Waals surface area contributed by atoms with Gasteiger partial charge >= 0.3 is 0 Å². The lowest BCUT2D eigenvalue weighted by molar-refractivity contribution is 0.445. The quantitative estimate of drug-likeness (QED) is 0.856. The average molecular weight is 258 g/mol. The molecule has 0 amide bonds. The lowest BCUT2D eigenvalue weighted by Crippen LogP contribution is -2.34. The Balaban J connectivity index is 3.13. The van der Waals surface area contributed by atoms with Crippen molar-refractivity contribution in [1.29, 1.82) is 0 Å². The summed E-state index contributed by atoms with van der Waals surface area (Å²) in [4.78, 5) is 0. The van der Waals surface area contributed by atoms with Crippen LogP contribution in [0.15, 0.2) is 16.6 Å². The summed E-state index contributed by atoms with van der Waals surface area (Å²) in [6.07, 6.45) is 0.654. The van der Waals surface area contributed by atoms with Crippen LogP contribution >= 0.6 is 15.9 Å². The van der Waals surface area contributed by atoms with Gasteiger partial charge in [0.1, 0.15) is 5.75 Å². The zero-order chi connectivity index (χ0) is 10.9. The molecule has 0 aromatic heterocycles. The third-order valence-corrected chi connectivity index (χ3v) is 2.80. The van der Waals surface area contributed by atoms with Crippen LogP contribution in [-0.4, -0.2) is 10.6 Å². The third kappa shape index (κ3) is 2.72. The highest BCUT2D eigenvalue weighted by atomic mass is 79.9. The van der Waals surface area contributed by atoms with E-state index in [2.05, 4.69) is 15.9 Å². The molecule has 3 N–H and O–H groups in total. The van der Waals surface area contributed by atoms with Crippen LogP contribution in [0.3, 0.4) is 0 Å². The van der Waals surface area contributed by atoms with Gasteiger partial charge in [-0.2, -0.15) is 0 Å². The maximum absolute atomic E-state index is 9.86. The minimum atomic E-state index is -0.312. The summed E-state index contributed by atoms with van der Waals surface area (Å²) in [7, 11) is 0. The van der Waals surface area contributed by atoms with Gasteiger partial charge in [0, 0.05) is 15.6 Å². The molecule has 0 atom stereocenters. The van der Waals surface area contributed by atoms with Crippen LogP contribution < -0.4 is 5.73 Å². The van der Waals surface area contributed by atoms with E-state index in [1.54, 1.807) is 0 Å². The van der Waals surface area contributed by atoms with Crippen molar-refractivity contribution >= 4 is 15.9 Å². The summed E-state index contributed by atoms with van der Waals surface area (Å²) < 4.78 is 0.916. The standard InChI is InChI=1S/C11H16BrNO/c1-7-4-5-9(12)8(10(7)14)6-11(2,3)13/h4-5,14H,6,13H2,1-3H3. The first-order valence-corrected chi connectivity index (χ1v) is 5.36. The fourth-order valence-electron chi connectivity index (χ4n) is 1.35. The van der Waals surface area contributed by atoms with Crippen molar-refractivity contribution in [2.75, 3.05) is 0 Å². The van der Waals surface area contributed by atoms with Crippen LogP contribution in [-0.2, 0) is 6.42 Å². The fraction of sp³-hybridized carbons (Fsp3) is 0.455. The lowest BCUT2D eigenvalue weighted by atomic mass is 9.94. The van der Waals surface area contributed by atoms with Crippen LogP contribution in [0.2, 0.25) is 0 Å². The predicted octanol–water partition coefficient (Wildman–Crippen LogP) is 2.74. The van der Waals surface area contributed by atoms with Gasteiger partial charge in [0.05, 0.1) is 0 Å². The largest absolute Gasteiger partial charge is 0.507 e. The van der Waals surface area contributed by atoms with Crippen molar-refractivity contribution in [3.8, 4) is 5.75 Å². The molecular formula is C11H16BrNO. The number of phenolic OH excluding ortho intramolecular Hbond substituents is 1. The summed E-state index contributed by atoms with van der Waals surface area (Å²) in [5.74, 6) is 0.345. The summed E-state index contributed by atoms with van der Waals surface area (Å²) in [6, 6.07) is 3.82. The van der Waals surface area contributed by atoms with Crippen LogP contribution in [0.4, 0.5) is 0 Å². The highest BCUT2D eigenvalue weighted by Crippen LogP contribution is 2.31. The first-order chi connectivity index (χ1) is 6.31. The Morgan fingerprint density at radius 3 is 2.50 bits per heavy atom. The minimum absolute atomic E-state index is 0.312. The molecule has 0 saturated carbocycles. The van der Waals surface area contributed by atoms with Gasteiger partial charge in [0.25, 0.3) is 0 Å². The predicted molar refractivity (Wildman–Crippen MR) is 62.5 cm³/mol. The first kappa shape index (κ1) is 11.5. The van der Waals surface area contributed by atoms with Gasteiger partial charge in [-0.05, 0) is 38.8 Å². The molecule has 0 saturated heterocycles. The Morgan fingerprint density at radius 2 is 2.00 bits per heavy atom. The number of hydrogen-bond acceptors (Lipinski definition) is 2. The zero-order valence-electron chi connectivity index (χ0n) is 8.76. The first-order valence-electron chi connectivity index (χ1n) is 4.57. The van der Waals surface area contributed by atoms with E-state index in [9.17, 15) is 5.11 Å². The van der Waals surface area contributed by atoms with Gasteiger partial charge < -0.3 is 10.8 Å². The third-order valence-electron chi connectivity index (χ3n) is 2.06. The monoisotopic (exact) mass is 257 g/mol. The minimum Gasteiger partial charge on any atom is -0.507 e. The van der Waals surface area contributed by atoms with E-state index < -0.39 is 0 Å². The molecule has 0 aliphatic carbocycles. The van der Waals surface area contributed by atoms with Gasteiger partial charge in [-0.1, -0.05) is 22.0 Å². The maximum atomic E-state index is 9.86. The molecule has 0 fully saturated rings. The molecule has 3 heteroatoms. The molecule has 0 radical (unpaired) electrons. The molecule has 0 spiro atoms. The van der Waals surface area contributed by atoms with Gasteiger partial charge in [-0.25, -0.2) is 0 Å². The Bertz CT molecular complexity index is 342. The summed E-state index contributed by atoms with van der Waals surface area (Å²) in [5.41, 5.74) is 7.38. The smallest absolute Gasteiger partial charge is 0.122 e. The van der Waals surface area contributed by atoms with Gasteiger partial charge in [-0.3, -0.25) is 0 Å². The number of aromatic hydroxyl groups is 1. The van der Waals surface area contributed by atoms with E-state index in [0.29, 0.717) is 12.2 Å². The molecule has 0 heterocycles. The maximum Gasteiger partial charge on any atom is 0.122 e. The number of phenols is 1. The fourth-order valence-corrected chi connectivity index (χ4v) is 1.81. The number of hydrogen-bond donors (Lipinski definition) is 2. The Hall–Kier alpha value is -0.540.